The number of unbranched alkanes of at least 4 members (excludes halogenated alkanes) is 28. The summed E-state index contributed by atoms with van der Waals surface area (Å²) in [7, 11) is 0. The van der Waals surface area contributed by atoms with Crippen LogP contribution in [0.25, 0.3) is 0 Å². The van der Waals surface area contributed by atoms with Crippen LogP contribution in [0.3, 0.4) is 0 Å². The minimum Gasteiger partial charge on any atom is -0.316 e. The Labute approximate surface area is 308 Å². The van der Waals surface area contributed by atoms with Gasteiger partial charge in [0.2, 0.25) is 0 Å². The fourth-order valence-corrected chi connectivity index (χ4v) is 8.06. The van der Waals surface area contributed by atoms with Gasteiger partial charge in [0.05, 0.1) is 13.1 Å². The quantitative estimate of drug-likeness (QED) is 0.0498. The molecule has 0 aromatic heterocycles. The van der Waals surface area contributed by atoms with Crippen molar-refractivity contribution in [2.45, 2.75) is 220 Å². The van der Waals surface area contributed by atoms with E-state index in [0.717, 1.165) is 0 Å². The first-order valence-electron chi connectivity index (χ1n) is 22.2. The zero-order valence-corrected chi connectivity index (χ0v) is 33.3. The molecule has 0 aliphatic carbocycles. The summed E-state index contributed by atoms with van der Waals surface area (Å²) < 4.78 is 1.23. The van der Waals surface area contributed by atoms with E-state index in [-0.39, 0.29) is 0 Å². The number of hydrogen-bond acceptors (Lipinski definition) is 0. The van der Waals surface area contributed by atoms with Gasteiger partial charge in [-0.25, -0.2) is 0 Å². The van der Waals surface area contributed by atoms with Gasteiger partial charge in [-0.1, -0.05) is 241 Å². The van der Waals surface area contributed by atoms with Crippen LogP contribution >= 0.6 is 0 Å². The summed E-state index contributed by atoms with van der Waals surface area (Å²) in [5.74, 6) is 0. The zero-order chi connectivity index (χ0) is 34.8. The molecular formula is C48H84N+. The molecule has 0 radical (unpaired) electrons. The lowest BCUT2D eigenvalue weighted by Gasteiger charge is -2.39. The zero-order valence-electron chi connectivity index (χ0n) is 33.3. The van der Waals surface area contributed by atoms with Crippen LogP contribution < -0.4 is 0 Å². The third-order valence-electron chi connectivity index (χ3n) is 11.2. The molecule has 0 atom stereocenters. The predicted molar refractivity (Wildman–Crippen MR) is 220 cm³/mol. The van der Waals surface area contributed by atoms with E-state index in [1.54, 1.807) is 0 Å². The molecule has 49 heavy (non-hydrogen) atoms. The normalized spacial score (nSPS) is 11.8. The van der Waals surface area contributed by atoms with Crippen molar-refractivity contribution >= 4 is 0 Å². The van der Waals surface area contributed by atoms with Crippen molar-refractivity contribution in [2.75, 3.05) is 13.1 Å². The molecule has 0 amide bonds. The second-order valence-electron chi connectivity index (χ2n) is 16.0. The Bertz CT molecular complexity index is 843. The molecule has 1 nitrogen and oxygen atoms in total. The van der Waals surface area contributed by atoms with Crippen LogP contribution in [0, 0.1) is 0 Å². The first kappa shape index (κ1) is 43.6. The first-order valence-corrected chi connectivity index (χ1v) is 22.2. The molecule has 0 saturated carbocycles. The van der Waals surface area contributed by atoms with Crippen molar-refractivity contribution in [3.63, 3.8) is 0 Å². The smallest absolute Gasteiger partial charge is 0.105 e. The van der Waals surface area contributed by atoms with E-state index in [9.17, 15) is 0 Å². The highest BCUT2D eigenvalue weighted by Crippen LogP contribution is 2.24. The van der Waals surface area contributed by atoms with Crippen LogP contribution in [0.4, 0.5) is 0 Å². The van der Waals surface area contributed by atoms with Crippen molar-refractivity contribution in [1.82, 2.24) is 0 Å². The number of hydrogen-bond donors (Lipinski definition) is 0. The summed E-state index contributed by atoms with van der Waals surface area (Å²) in [4.78, 5) is 0. The van der Waals surface area contributed by atoms with Crippen LogP contribution in [-0.4, -0.2) is 17.6 Å². The maximum atomic E-state index is 2.37. The molecule has 0 N–H and O–H groups in total. The average molecular weight is 675 g/mol. The maximum absolute atomic E-state index is 2.37. The molecule has 0 aliphatic heterocycles. The van der Waals surface area contributed by atoms with Crippen molar-refractivity contribution in [3.05, 3.63) is 71.8 Å². The lowest BCUT2D eigenvalue weighted by Crippen LogP contribution is -2.48. The number of nitrogens with zero attached hydrogens (tertiary/aromatic N) is 1. The van der Waals surface area contributed by atoms with Gasteiger partial charge in [0.1, 0.15) is 13.1 Å². The molecule has 0 heterocycles. The Hall–Kier alpha value is -1.60. The van der Waals surface area contributed by atoms with Crippen LogP contribution in [0.5, 0.6) is 0 Å². The Balaban J connectivity index is 1.71. The molecule has 280 valence electrons. The molecule has 0 spiro atoms. The summed E-state index contributed by atoms with van der Waals surface area (Å²) in [5.41, 5.74) is 3.03. The minimum atomic E-state index is 1.17. The minimum absolute atomic E-state index is 1.17. The number of quaternary nitrogens is 1. The summed E-state index contributed by atoms with van der Waals surface area (Å²) in [6.07, 6.45) is 43.1. The summed E-state index contributed by atoms with van der Waals surface area (Å²) in [6, 6.07) is 22.8. The van der Waals surface area contributed by atoms with E-state index in [4.69, 9.17) is 0 Å². The maximum Gasteiger partial charge on any atom is 0.105 e. The molecule has 0 aliphatic rings. The summed E-state index contributed by atoms with van der Waals surface area (Å²) in [5, 5.41) is 0. The van der Waals surface area contributed by atoms with Crippen LogP contribution in [0.2, 0.25) is 0 Å². The van der Waals surface area contributed by atoms with E-state index in [1.165, 1.54) is 234 Å². The summed E-state index contributed by atoms with van der Waals surface area (Å²) in [6.45, 7) is 9.61. The Morgan fingerprint density at radius 1 is 0.286 bits per heavy atom. The third kappa shape index (κ3) is 25.1. The van der Waals surface area contributed by atoms with Crippen LogP contribution in [0.15, 0.2) is 60.7 Å². The highest BCUT2D eigenvalue weighted by molar-refractivity contribution is 5.15. The molecule has 2 aromatic carbocycles. The molecule has 1 heteroatoms. The molecule has 0 fully saturated rings. The van der Waals surface area contributed by atoms with E-state index < -0.39 is 0 Å². The summed E-state index contributed by atoms with van der Waals surface area (Å²) >= 11 is 0. The Morgan fingerprint density at radius 3 is 0.755 bits per heavy atom. The average Bonchev–Trinajstić information content (AvgIpc) is 3.12. The molecular weight excluding hydrogens is 591 g/mol. The molecule has 0 saturated heterocycles. The van der Waals surface area contributed by atoms with Crippen molar-refractivity contribution in [1.29, 1.82) is 0 Å². The van der Waals surface area contributed by atoms with E-state index >= 15 is 0 Å². The molecule has 0 bridgehead atoms. The van der Waals surface area contributed by atoms with E-state index in [1.807, 2.05) is 0 Å². The van der Waals surface area contributed by atoms with E-state index in [0.29, 0.717) is 0 Å². The van der Waals surface area contributed by atoms with Gasteiger partial charge in [0.25, 0.3) is 0 Å². The molecule has 0 unspecified atom stereocenters. The fraction of sp³-hybridized carbons (Fsp3) is 0.750. The van der Waals surface area contributed by atoms with Crippen LogP contribution in [0.1, 0.15) is 218 Å². The van der Waals surface area contributed by atoms with Crippen molar-refractivity contribution in [2.24, 2.45) is 0 Å². The topological polar surface area (TPSA) is 0 Å². The van der Waals surface area contributed by atoms with Gasteiger partial charge in [0.15, 0.2) is 0 Å². The lowest BCUT2D eigenvalue weighted by atomic mass is 10.0. The first-order chi connectivity index (χ1) is 24.3. The van der Waals surface area contributed by atoms with Crippen molar-refractivity contribution < 1.29 is 4.48 Å². The van der Waals surface area contributed by atoms with E-state index in [2.05, 4.69) is 74.5 Å². The van der Waals surface area contributed by atoms with Gasteiger partial charge in [0, 0.05) is 11.1 Å². The van der Waals surface area contributed by atoms with Crippen LogP contribution in [-0.2, 0) is 13.1 Å². The monoisotopic (exact) mass is 675 g/mol. The van der Waals surface area contributed by atoms with Gasteiger partial charge in [-0.15, -0.1) is 0 Å². The number of rotatable bonds is 36. The standard InChI is InChI=1S/C48H84N/c1-3-5-7-9-11-13-15-17-19-21-23-25-27-29-37-43-49(45-47-39-33-31-34-40-47,46-48-41-35-32-36-42-48)44-38-30-28-26-24-22-20-18-16-14-12-10-8-6-4-2/h31-36,39-42H,3-30,37-38,43-46H2,1-2H3/q+1. The lowest BCUT2D eigenvalue weighted by molar-refractivity contribution is -0.954. The number of benzene rings is 2. The van der Waals surface area contributed by atoms with Gasteiger partial charge in [-0.05, 0) is 25.7 Å². The molecule has 2 rings (SSSR count). The largest absolute Gasteiger partial charge is 0.316 e. The van der Waals surface area contributed by atoms with Gasteiger partial charge < -0.3 is 4.48 Å². The second kappa shape index (κ2) is 32.3. The predicted octanol–water partition coefficient (Wildman–Crippen LogP) is 15.9. The van der Waals surface area contributed by atoms with Gasteiger partial charge in [-0.3, -0.25) is 0 Å². The molecule has 2 aromatic rings. The second-order valence-corrected chi connectivity index (χ2v) is 16.0. The highest BCUT2D eigenvalue weighted by Gasteiger charge is 2.27. The third-order valence-corrected chi connectivity index (χ3v) is 11.2. The van der Waals surface area contributed by atoms with Gasteiger partial charge >= 0.3 is 0 Å². The Kier molecular flexibility index (Phi) is 28.7. The Morgan fingerprint density at radius 2 is 0.510 bits per heavy atom. The van der Waals surface area contributed by atoms with Gasteiger partial charge in [-0.2, -0.15) is 0 Å². The highest BCUT2D eigenvalue weighted by atomic mass is 15.3. The fourth-order valence-electron chi connectivity index (χ4n) is 8.06. The SMILES string of the molecule is CCCCCCCCCCCCCCCCC[N+](CCCCCCCCCCCCCCCCC)(Cc1ccccc1)Cc1ccccc1. The van der Waals surface area contributed by atoms with Crippen molar-refractivity contribution in [3.8, 4) is 0 Å².